The maximum absolute atomic E-state index is 14.1. The summed E-state index contributed by atoms with van der Waals surface area (Å²) in [5.41, 5.74) is 3.51. The fourth-order valence-electron chi connectivity index (χ4n) is 5.51. The average molecular weight is 522 g/mol. The van der Waals surface area contributed by atoms with Crippen LogP contribution >= 0.6 is 0 Å². The van der Waals surface area contributed by atoms with Gasteiger partial charge in [-0.2, -0.15) is 0 Å². The van der Waals surface area contributed by atoms with Crippen molar-refractivity contribution in [3.8, 4) is 11.3 Å². The first kappa shape index (κ1) is 24.7. The molecule has 0 spiro atoms. The van der Waals surface area contributed by atoms with Gasteiger partial charge in [0.2, 0.25) is 5.91 Å². The molecule has 0 saturated carbocycles. The number of fused-ring (bicyclic) bond motifs is 1. The van der Waals surface area contributed by atoms with Gasteiger partial charge >= 0.3 is 0 Å². The van der Waals surface area contributed by atoms with Crippen molar-refractivity contribution in [2.75, 3.05) is 31.2 Å². The number of anilines is 1. The molecule has 2 aliphatic heterocycles. The van der Waals surface area contributed by atoms with E-state index in [-0.39, 0.29) is 11.9 Å². The summed E-state index contributed by atoms with van der Waals surface area (Å²) in [6, 6.07) is 9.22. The van der Waals surface area contributed by atoms with Crippen LogP contribution in [0.25, 0.3) is 22.2 Å². The molecule has 10 heteroatoms. The molecule has 0 radical (unpaired) electrons. The summed E-state index contributed by atoms with van der Waals surface area (Å²) in [7, 11) is 0. The first-order valence-corrected chi connectivity index (χ1v) is 12.9. The summed E-state index contributed by atoms with van der Waals surface area (Å²) < 4.78 is 40.8. The molecule has 2 atom stereocenters. The number of morpholine rings is 1. The summed E-state index contributed by atoms with van der Waals surface area (Å²) in [5.74, 6) is -1.35. The summed E-state index contributed by atoms with van der Waals surface area (Å²) in [4.78, 5) is 22.0. The molecule has 2 aromatic carbocycles. The fraction of sp³-hybridized carbons (Fsp3) is 0.393. The van der Waals surface area contributed by atoms with Crippen LogP contribution in [-0.2, 0) is 16.1 Å². The molecule has 198 valence electrons. The van der Waals surface area contributed by atoms with Crippen molar-refractivity contribution in [3.63, 3.8) is 0 Å². The molecule has 2 saturated heterocycles. The number of carbonyl (C=O) groups is 1. The van der Waals surface area contributed by atoms with E-state index < -0.39 is 17.7 Å². The number of amides is 1. The van der Waals surface area contributed by atoms with Gasteiger partial charge in [-0.1, -0.05) is 5.16 Å². The summed E-state index contributed by atoms with van der Waals surface area (Å²) in [6.07, 6.45) is 2.85. The highest BCUT2D eigenvalue weighted by atomic mass is 19.2. The van der Waals surface area contributed by atoms with Crippen molar-refractivity contribution in [2.45, 2.75) is 45.3 Å². The SMILES string of the molecule is Cc1noc2ccc(-c3cn(C[C@H](C)N4CCOCC4)c([C@@H]4CCC(=O)N4c4ccc(F)c(F)c4)n3)cc12. The van der Waals surface area contributed by atoms with Gasteiger partial charge in [-0.15, -0.1) is 0 Å². The zero-order valence-corrected chi connectivity index (χ0v) is 21.4. The monoisotopic (exact) mass is 521 g/mol. The van der Waals surface area contributed by atoms with Crippen molar-refractivity contribution >= 4 is 22.6 Å². The van der Waals surface area contributed by atoms with E-state index in [4.69, 9.17) is 14.2 Å². The minimum Gasteiger partial charge on any atom is -0.379 e. The molecule has 2 aromatic heterocycles. The van der Waals surface area contributed by atoms with Crippen molar-refractivity contribution in [1.82, 2.24) is 19.6 Å². The molecule has 0 N–H and O–H groups in total. The number of carbonyl (C=O) groups excluding carboxylic acids is 1. The minimum absolute atomic E-state index is 0.139. The molecule has 4 heterocycles. The van der Waals surface area contributed by atoms with Crippen LogP contribution in [0.2, 0.25) is 0 Å². The van der Waals surface area contributed by atoms with Crippen LogP contribution < -0.4 is 4.90 Å². The largest absolute Gasteiger partial charge is 0.379 e. The number of aromatic nitrogens is 3. The number of rotatable bonds is 6. The average Bonchev–Trinajstić information content (AvgIpc) is 3.63. The predicted octanol–water partition coefficient (Wildman–Crippen LogP) is 4.87. The minimum atomic E-state index is -0.983. The van der Waals surface area contributed by atoms with E-state index in [0.29, 0.717) is 43.9 Å². The third-order valence-electron chi connectivity index (χ3n) is 7.57. The molecule has 6 rings (SSSR count). The van der Waals surface area contributed by atoms with Gasteiger partial charge in [-0.05, 0) is 50.6 Å². The highest BCUT2D eigenvalue weighted by molar-refractivity contribution is 5.96. The first-order valence-electron chi connectivity index (χ1n) is 12.9. The maximum atomic E-state index is 14.1. The zero-order valence-electron chi connectivity index (χ0n) is 21.4. The number of nitrogens with zero attached hydrogens (tertiary/aromatic N) is 5. The Balaban J connectivity index is 1.41. The van der Waals surface area contributed by atoms with Gasteiger partial charge in [-0.3, -0.25) is 9.69 Å². The van der Waals surface area contributed by atoms with E-state index in [9.17, 15) is 13.6 Å². The fourth-order valence-corrected chi connectivity index (χ4v) is 5.51. The number of hydrogen-bond donors (Lipinski definition) is 0. The number of benzene rings is 2. The first-order chi connectivity index (χ1) is 18.4. The molecule has 0 unspecified atom stereocenters. The van der Waals surface area contributed by atoms with E-state index in [0.717, 1.165) is 53.4 Å². The van der Waals surface area contributed by atoms with Gasteiger partial charge in [0.15, 0.2) is 17.2 Å². The lowest BCUT2D eigenvalue weighted by molar-refractivity contribution is -0.117. The Bertz CT molecular complexity index is 1490. The molecule has 0 aliphatic carbocycles. The van der Waals surface area contributed by atoms with Crippen LogP contribution in [0.3, 0.4) is 0 Å². The van der Waals surface area contributed by atoms with Crippen LogP contribution in [0.1, 0.15) is 37.3 Å². The topological polar surface area (TPSA) is 76.6 Å². The van der Waals surface area contributed by atoms with Crippen molar-refractivity contribution in [1.29, 1.82) is 0 Å². The van der Waals surface area contributed by atoms with Crippen molar-refractivity contribution < 1.29 is 22.8 Å². The van der Waals surface area contributed by atoms with Crippen LogP contribution in [-0.4, -0.2) is 57.9 Å². The van der Waals surface area contributed by atoms with Gasteiger partial charge in [0.05, 0.1) is 30.6 Å². The van der Waals surface area contributed by atoms with Gasteiger partial charge in [0, 0.05) is 61.0 Å². The van der Waals surface area contributed by atoms with Gasteiger partial charge in [0.1, 0.15) is 5.82 Å². The van der Waals surface area contributed by atoms with Crippen molar-refractivity contribution in [2.24, 2.45) is 0 Å². The van der Waals surface area contributed by atoms with Crippen LogP contribution in [0.5, 0.6) is 0 Å². The molecule has 0 bridgehead atoms. The molecule has 2 aliphatic rings. The third-order valence-corrected chi connectivity index (χ3v) is 7.57. The van der Waals surface area contributed by atoms with E-state index in [1.54, 1.807) is 4.90 Å². The summed E-state index contributed by atoms with van der Waals surface area (Å²) in [5, 5.41) is 4.97. The van der Waals surface area contributed by atoms with Gasteiger partial charge < -0.3 is 18.7 Å². The predicted molar refractivity (Wildman–Crippen MR) is 138 cm³/mol. The molecular weight excluding hydrogens is 492 g/mol. The van der Waals surface area contributed by atoms with Crippen LogP contribution in [0.15, 0.2) is 47.1 Å². The number of aryl methyl sites for hydroxylation is 1. The van der Waals surface area contributed by atoms with Crippen LogP contribution in [0, 0.1) is 18.6 Å². The second kappa shape index (κ2) is 9.92. The van der Waals surface area contributed by atoms with Crippen LogP contribution in [0.4, 0.5) is 14.5 Å². The van der Waals surface area contributed by atoms with Gasteiger partial charge in [0.25, 0.3) is 0 Å². The molecule has 38 heavy (non-hydrogen) atoms. The van der Waals surface area contributed by atoms with E-state index in [1.165, 1.54) is 6.07 Å². The molecule has 4 aromatic rings. The highest BCUT2D eigenvalue weighted by Crippen LogP contribution is 2.38. The Labute approximate surface area is 218 Å². The smallest absolute Gasteiger partial charge is 0.227 e. The number of hydrogen-bond acceptors (Lipinski definition) is 6. The Morgan fingerprint density at radius 2 is 1.92 bits per heavy atom. The number of halogens is 2. The standard InChI is InChI=1S/C28H29F2N5O3/c1-17(33-9-11-37-12-10-33)15-34-16-24(19-3-7-26-21(13-19)18(2)32-38-26)31-28(34)25-6-8-27(36)35(25)20-4-5-22(29)23(30)14-20/h3-5,7,13-14,16-17,25H,6,8-12,15H2,1-2H3/t17-,25-/m0/s1. The number of imidazole rings is 1. The van der Waals surface area contributed by atoms with E-state index in [1.807, 2.05) is 31.3 Å². The Morgan fingerprint density at radius 3 is 2.71 bits per heavy atom. The van der Waals surface area contributed by atoms with Gasteiger partial charge in [-0.25, -0.2) is 13.8 Å². The summed E-state index contributed by atoms with van der Waals surface area (Å²) in [6.45, 7) is 7.83. The second-order valence-electron chi connectivity index (χ2n) is 10.0. The highest BCUT2D eigenvalue weighted by Gasteiger charge is 2.37. The second-order valence-corrected chi connectivity index (χ2v) is 10.0. The normalized spacial score (nSPS) is 19.5. The maximum Gasteiger partial charge on any atom is 0.227 e. The lowest BCUT2D eigenvalue weighted by Gasteiger charge is -2.33. The molecular formula is C28H29F2N5O3. The number of ether oxygens (including phenoxy) is 1. The lowest BCUT2D eigenvalue weighted by Crippen LogP contribution is -2.44. The Morgan fingerprint density at radius 1 is 1.11 bits per heavy atom. The molecule has 2 fully saturated rings. The zero-order chi connectivity index (χ0) is 26.4. The molecule has 1 amide bonds. The quantitative estimate of drug-likeness (QED) is 0.361. The lowest BCUT2D eigenvalue weighted by atomic mass is 10.1. The molecule has 8 nitrogen and oxygen atoms in total. The Kier molecular flexibility index (Phi) is 6.45. The Hall–Kier alpha value is -3.63. The third kappa shape index (κ3) is 4.48. The van der Waals surface area contributed by atoms with E-state index in [2.05, 4.69) is 21.5 Å². The van der Waals surface area contributed by atoms with E-state index >= 15 is 0 Å². The van der Waals surface area contributed by atoms with Crippen molar-refractivity contribution in [3.05, 3.63) is 65.7 Å². The summed E-state index contributed by atoms with van der Waals surface area (Å²) >= 11 is 0.